The molecule has 2 fully saturated rings. The van der Waals surface area contributed by atoms with Gasteiger partial charge in [0.25, 0.3) is 0 Å². The van der Waals surface area contributed by atoms with E-state index in [4.69, 9.17) is 37.9 Å². The van der Waals surface area contributed by atoms with Gasteiger partial charge in [-0.2, -0.15) is 0 Å². The first kappa shape index (κ1) is 34.6. The lowest BCUT2D eigenvalue weighted by atomic mass is 9.96. The van der Waals surface area contributed by atoms with Crippen molar-refractivity contribution in [2.45, 2.75) is 81.2 Å². The quantitative estimate of drug-likeness (QED) is 0.226. The predicted octanol–water partition coefficient (Wildman–Crippen LogP) is 2.58. The van der Waals surface area contributed by atoms with Gasteiger partial charge in [0, 0.05) is 14.2 Å². The largest absolute Gasteiger partial charge is 0.394 e. The van der Waals surface area contributed by atoms with E-state index in [9.17, 15) is 15.3 Å². The zero-order chi connectivity index (χ0) is 32.3. The molecule has 10 atom stereocenters. The van der Waals surface area contributed by atoms with Crippen LogP contribution in [0.25, 0.3) is 0 Å². The van der Waals surface area contributed by atoms with Gasteiger partial charge in [0.05, 0.1) is 33.0 Å². The zero-order valence-corrected chi connectivity index (χ0v) is 26.1. The maximum atomic E-state index is 11.3. The normalized spacial score (nSPS) is 31.5. The van der Waals surface area contributed by atoms with Crippen molar-refractivity contribution < 1.29 is 53.2 Å². The topological polar surface area (TPSA) is 135 Å². The zero-order valence-electron chi connectivity index (χ0n) is 26.1. The molecule has 2 heterocycles. The van der Waals surface area contributed by atoms with Crippen LogP contribution in [-0.4, -0.2) is 104 Å². The van der Waals surface area contributed by atoms with E-state index in [2.05, 4.69) is 0 Å². The van der Waals surface area contributed by atoms with Crippen molar-refractivity contribution in [3.8, 4) is 0 Å². The molecule has 2 saturated heterocycles. The van der Waals surface area contributed by atoms with Gasteiger partial charge in [-0.3, -0.25) is 0 Å². The Morgan fingerprint density at radius 2 is 1.11 bits per heavy atom. The highest BCUT2D eigenvalue weighted by Crippen LogP contribution is 2.34. The van der Waals surface area contributed by atoms with Crippen LogP contribution in [0.5, 0.6) is 0 Å². The third kappa shape index (κ3) is 8.77. The maximum absolute atomic E-state index is 11.3. The van der Waals surface area contributed by atoms with Crippen molar-refractivity contribution in [3.05, 3.63) is 108 Å². The van der Waals surface area contributed by atoms with Gasteiger partial charge < -0.3 is 53.2 Å². The molecule has 0 spiro atoms. The summed E-state index contributed by atoms with van der Waals surface area (Å²) in [7, 11) is 2.90. The maximum Gasteiger partial charge on any atom is 0.187 e. The van der Waals surface area contributed by atoms with Crippen LogP contribution < -0.4 is 0 Å². The Morgan fingerprint density at radius 3 is 1.63 bits per heavy atom. The second kappa shape index (κ2) is 17.4. The summed E-state index contributed by atoms with van der Waals surface area (Å²) in [6.07, 6.45) is -10.00. The Kier molecular flexibility index (Phi) is 13.1. The van der Waals surface area contributed by atoms with Gasteiger partial charge in [-0.1, -0.05) is 91.0 Å². The molecule has 11 heteroatoms. The van der Waals surface area contributed by atoms with Crippen molar-refractivity contribution in [2.75, 3.05) is 27.4 Å². The van der Waals surface area contributed by atoms with E-state index < -0.39 is 68.0 Å². The van der Waals surface area contributed by atoms with Crippen molar-refractivity contribution in [3.63, 3.8) is 0 Å². The third-order valence-corrected chi connectivity index (χ3v) is 8.21. The Hall–Kier alpha value is -2.78. The Morgan fingerprint density at radius 1 is 0.587 bits per heavy atom. The van der Waals surface area contributed by atoms with Crippen LogP contribution in [0.4, 0.5) is 0 Å². The smallest absolute Gasteiger partial charge is 0.187 e. The van der Waals surface area contributed by atoms with Gasteiger partial charge in [-0.25, -0.2) is 0 Å². The third-order valence-electron chi connectivity index (χ3n) is 8.21. The summed E-state index contributed by atoms with van der Waals surface area (Å²) < 4.78 is 48.9. The van der Waals surface area contributed by atoms with E-state index in [0.29, 0.717) is 6.61 Å². The monoisotopic (exact) mass is 640 g/mol. The Labute approximate surface area is 269 Å². The van der Waals surface area contributed by atoms with Crippen molar-refractivity contribution in [2.24, 2.45) is 0 Å². The molecule has 46 heavy (non-hydrogen) atoms. The first-order valence-electron chi connectivity index (χ1n) is 15.4. The molecule has 3 aromatic carbocycles. The molecule has 0 saturated carbocycles. The molecule has 2 aliphatic heterocycles. The highest BCUT2D eigenvalue weighted by atomic mass is 16.7. The van der Waals surface area contributed by atoms with E-state index in [1.165, 1.54) is 14.2 Å². The van der Waals surface area contributed by atoms with Crippen molar-refractivity contribution in [1.29, 1.82) is 0 Å². The number of aliphatic hydroxyl groups is 3. The molecule has 3 aromatic rings. The van der Waals surface area contributed by atoms with E-state index in [0.717, 1.165) is 16.7 Å². The summed E-state index contributed by atoms with van der Waals surface area (Å²) in [4.78, 5) is 0. The fourth-order valence-corrected chi connectivity index (χ4v) is 5.79. The first-order valence-corrected chi connectivity index (χ1v) is 15.4. The van der Waals surface area contributed by atoms with E-state index in [-0.39, 0.29) is 19.8 Å². The second-order valence-electron chi connectivity index (χ2n) is 11.3. The standard InChI is InChI=1S/C35H44O11/c1-39-30-28(37)26(18-36)45-35(33(30)40-2)46-29-27(22-41-19-23-12-6-3-7-13-23)44-34(38)32(43-21-25-16-10-5-11-17-25)31(29)42-20-24-14-8-4-9-15-24/h3-17,26-38H,18-22H2,1-2H3/t26-,27+,28+,29+,30-,31-,32+,33+,34-,35-/m0/s1. The molecular formula is C35H44O11. The van der Waals surface area contributed by atoms with Gasteiger partial charge in [-0.05, 0) is 16.7 Å². The number of benzene rings is 3. The fourth-order valence-electron chi connectivity index (χ4n) is 5.79. The Bertz CT molecular complexity index is 1270. The fraction of sp³-hybridized carbons (Fsp3) is 0.486. The summed E-state index contributed by atoms with van der Waals surface area (Å²) in [6, 6.07) is 28.9. The molecule has 5 rings (SSSR count). The minimum atomic E-state index is -1.38. The number of hydrogen-bond donors (Lipinski definition) is 3. The van der Waals surface area contributed by atoms with E-state index in [1.54, 1.807) is 0 Å². The van der Waals surface area contributed by atoms with Crippen LogP contribution in [0, 0.1) is 0 Å². The first-order chi connectivity index (χ1) is 22.5. The minimum Gasteiger partial charge on any atom is -0.394 e. The molecule has 0 aromatic heterocycles. The summed E-state index contributed by atoms with van der Waals surface area (Å²) in [5, 5.41) is 32.1. The number of aliphatic hydroxyl groups excluding tert-OH is 3. The van der Waals surface area contributed by atoms with Gasteiger partial charge in [0.1, 0.15) is 48.8 Å². The summed E-state index contributed by atoms with van der Waals surface area (Å²) in [5.74, 6) is 0. The molecule has 0 amide bonds. The Balaban J connectivity index is 1.44. The molecule has 11 nitrogen and oxygen atoms in total. The van der Waals surface area contributed by atoms with Gasteiger partial charge in [-0.15, -0.1) is 0 Å². The molecule has 0 bridgehead atoms. The van der Waals surface area contributed by atoms with Gasteiger partial charge in [0.2, 0.25) is 0 Å². The molecular weight excluding hydrogens is 596 g/mol. The summed E-state index contributed by atoms with van der Waals surface area (Å²) >= 11 is 0. The van der Waals surface area contributed by atoms with E-state index in [1.807, 2.05) is 91.0 Å². The number of hydrogen-bond acceptors (Lipinski definition) is 11. The van der Waals surface area contributed by atoms with Gasteiger partial charge >= 0.3 is 0 Å². The summed E-state index contributed by atoms with van der Waals surface area (Å²) in [5.41, 5.74) is 2.78. The minimum absolute atomic E-state index is 0.0390. The molecule has 2 aliphatic rings. The average Bonchev–Trinajstić information content (AvgIpc) is 3.09. The van der Waals surface area contributed by atoms with Crippen molar-refractivity contribution in [1.82, 2.24) is 0 Å². The number of methoxy groups -OCH3 is 2. The lowest BCUT2D eigenvalue weighted by molar-refractivity contribution is -0.367. The van der Waals surface area contributed by atoms with Crippen LogP contribution in [-0.2, 0) is 57.7 Å². The number of rotatable bonds is 15. The molecule has 250 valence electrons. The second-order valence-corrected chi connectivity index (χ2v) is 11.3. The molecule has 3 N–H and O–H groups in total. The van der Waals surface area contributed by atoms with Crippen LogP contribution in [0.2, 0.25) is 0 Å². The van der Waals surface area contributed by atoms with Crippen LogP contribution in [0.1, 0.15) is 16.7 Å². The van der Waals surface area contributed by atoms with Crippen LogP contribution in [0.15, 0.2) is 91.0 Å². The predicted molar refractivity (Wildman–Crippen MR) is 165 cm³/mol. The lowest BCUT2D eigenvalue weighted by Gasteiger charge is -2.48. The summed E-state index contributed by atoms with van der Waals surface area (Å²) in [6.45, 7) is 0.246. The lowest BCUT2D eigenvalue weighted by Crippen LogP contribution is -2.65. The molecule has 0 unspecified atom stereocenters. The van der Waals surface area contributed by atoms with Gasteiger partial charge in [0.15, 0.2) is 12.6 Å². The van der Waals surface area contributed by atoms with E-state index >= 15 is 0 Å². The molecule has 0 radical (unpaired) electrons. The van der Waals surface area contributed by atoms with Crippen LogP contribution >= 0.6 is 0 Å². The van der Waals surface area contributed by atoms with Crippen LogP contribution in [0.3, 0.4) is 0 Å². The molecule has 0 aliphatic carbocycles. The highest BCUT2D eigenvalue weighted by Gasteiger charge is 2.53. The highest BCUT2D eigenvalue weighted by molar-refractivity contribution is 5.15. The van der Waals surface area contributed by atoms with Crippen molar-refractivity contribution >= 4 is 0 Å². The SMILES string of the molecule is CO[C@H]1[C@H](O[C@H]2[C@H](OCc3ccccc3)[C@@H](OCc3ccccc3)[C@@H](O)O[C@@H]2COCc2ccccc2)O[C@@H](CO)[C@@H](O)[C@@H]1OC. The average molecular weight is 641 g/mol. The number of ether oxygens (including phenoxy) is 8.